The molecule has 1 amide bonds. The van der Waals surface area contributed by atoms with E-state index in [1.165, 1.54) is 0 Å². The molecule has 0 aliphatic carbocycles. The second-order valence-corrected chi connectivity index (χ2v) is 6.23. The zero-order valence-corrected chi connectivity index (χ0v) is 14.3. The van der Waals surface area contributed by atoms with E-state index in [4.69, 9.17) is 4.74 Å². The number of rotatable bonds is 5. The number of nitrogens with zero attached hydrogens (tertiary/aromatic N) is 4. The van der Waals surface area contributed by atoms with Gasteiger partial charge in [-0.15, -0.1) is 5.10 Å². The number of amides is 1. The summed E-state index contributed by atoms with van der Waals surface area (Å²) in [7, 11) is 1.62. The van der Waals surface area contributed by atoms with Gasteiger partial charge in [0.15, 0.2) is 5.82 Å². The fourth-order valence-electron chi connectivity index (χ4n) is 3.10. The average molecular weight is 329 g/mol. The minimum atomic E-state index is -0.0908. The van der Waals surface area contributed by atoms with Crippen molar-refractivity contribution in [2.45, 2.75) is 38.8 Å². The van der Waals surface area contributed by atoms with Gasteiger partial charge in [0.05, 0.1) is 25.0 Å². The molecule has 2 heterocycles. The van der Waals surface area contributed by atoms with Gasteiger partial charge in [0.1, 0.15) is 5.75 Å². The molecule has 1 aliphatic rings. The van der Waals surface area contributed by atoms with E-state index >= 15 is 0 Å². The van der Waals surface area contributed by atoms with E-state index in [9.17, 15) is 4.79 Å². The Balaban J connectivity index is 1.70. The summed E-state index contributed by atoms with van der Waals surface area (Å²) in [6.07, 6.45) is 3.64. The summed E-state index contributed by atoms with van der Waals surface area (Å²) in [4.78, 5) is 14.8. The summed E-state index contributed by atoms with van der Waals surface area (Å²) in [6, 6.07) is 7.78. The Morgan fingerprint density at radius 2 is 2.25 bits per heavy atom. The molecule has 1 aliphatic heterocycles. The lowest BCUT2D eigenvalue weighted by molar-refractivity contribution is -0.120. The summed E-state index contributed by atoms with van der Waals surface area (Å²) in [6.45, 7) is 5.20. The zero-order chi connectivity index (χ0) is 17.1. The van der Waals surface area contributed by atoms with Crippen LogP contribution >= 0.6 is 0 Å². The Morgan fingerprint density at radius 1 is 1.42 bits per heavy atom. The number of carbonyl (C=O) groups is 1. The van der Waals surface area contributed by atoms with Gasteiger partial charge in [0.25, 0.3) is 0 Å². The second-order valence-electron chi connectivity index (χ2n) is 6.23. The van der Waals surface area contributed by atoms with E-state index in [-0.39, 0.29) is 11.9 Å². The van der Waals surface area contributed by atoms with E-state index < -0.39 is 0 Å². The third-order valence-corrected chi connectivity index (χ3v) is 4.32. The molecule has 0 radical (unpaired) electrons. The predicted molar refractivity (Wildman–Crippen MR) is 91.4 cm³/mol. The maximum Gasteiger partial charge on any atom is 0.242 e. The van der Waals surface area contributed by atoms with Crippen LogP contribution in [-0.4, -0.2) is 51.5 Å². The normalized spacial score (nSPS) is 18.1. The summed E-state index contributed by atoms with van der Waals surface area (Å²) in [5.74, 6) is 1.18. The van der Waals surface area contributed by atoms with Gasteiger partial charge in [0.2, 0.25) is 5.91 Å². The number of hydrogen-bond acceptors (Lipinski definition) is 5. The average Bonchev–Trinajstić information content (AvgIpc) is 3.24. The van der Waals surface area contributed by atoms with Gasteiger partial charge in [-0.3, -0.25) is 9.69 Å². The molecule has 1 fully saturated rings. The van der Waals surface area contributed by atoms with E-state index in [2.05, 4.69) is 34.4 Å². The molecule has 0 saturated carbocycles. The molecule has 1 aromatic heterocycles. The molecule has 128 valence electrons. The van der Waals surface area contributed by atoms with Crippen LogP contribution in [0.15, 0.2) is 30.5 Å². The molecule has 1 N–H and O–H groups in total. The van der Waals surface area contributed by atoms with Crippen molar-refractivity contribution in [1.82, 2.24) is 19.9 Å². The first-order valence-electron chi connectivity index (χ1n) is 8.22. The quantitative estimate of drug-likeness (QED) is 0.909. The van der Waals surface area contributed by atoms with Crippen molar-refractivity contribution in [2.24, 2.45) is 0 Å². The number of ether oxygens (including phenoxy) is 1. The van der Waals surface area contributed by atoms with E-state index in [0.29, 0.717) is 11.9 Å². The number of methoxy groups -OCH3 is 1. The van der Waals surface area contributed by atoms with Gasteiger partial charge in [-0.25, -0.2) is 4.68 Å². The van der Waals surface area contributed by atoms with Crippen molar-refractivity contribution in [3.05, 3.63) is 30.5 Å². The summed E-state index contributed by atoms with van der Waals surface area (Å²) < 4.78 is 6.83. The van der Waals surface area contributed by atoms with Crippen LogP contribution in [0.2, 0.25) is 0 Å². The van der Waals surface area contributed by atoms with Crippen molar-refractivity contribution < 1.29 is 9.53 Å². The van der Waals surface area contributed by atoms with Crippen LogP contribution in [0, 0.1) is 0 Å². The lowest BCUT2D eigenvalue weighted by Gasteiger charge is -2.26. The largest absolute Gasteiger partial charge is 0.497 e. The monoisotopic (exact) mass is 329 g/mol. The van der Waals surface area contributed by atoms with Crippen LogP contribution in [0.3, 0.4) is 0 Å². The van der Waals surface area contributed by atoms with E-state index in [1.54, 1.807) is 18.0 Å². The minimum absolute atomic E-state index is 0.0149. The highest BCUT2D eigenvalue weighted by Crippen LogP contribution is 2.21. The smallest absolute Gasteiger partial charge is 0.242 e. The molecule has 3 rings (SSSR count). The molecule has 0 bridgehead atoms. The number of anilines is 1. The number of likely N-dealkylation sites (tertiary alicyclic amines) is 1. The number of nitrogens with one attached hydrogen (secondary N) is 1. The third kappa shape index (κ3) is 3.41. The van der Waals surface area contributed by atoms with Crippen LogP contribution in [0.5, 0.6) is 5.75 Å². The molecule has 1 aromatic carbocycles. The first-order valence-corrected chi connectivity index (χ1v) is 8.22. The minimum Gasteiger partial charge on any atom is -0.497 e. The highest BCUT2D eigenvalue weighted by atomic mass is 16.5. The Kier molecular flexibility index (Phi) is 4.80. The molecule has 1 atom stereocenters. The van der Waals surface area contributed by atoms with Crippen molar-refractivity contribution in [1.29, 1.82) is 0 Å². The molecular weight excluding hydrogens is 306 g/mol. The molecular formula is C17H23N5O2. The summed E-state index contributed by atoms with van der Waals surface area (Å²) in [5, 5.41) is 11.0. The Bertz CT molecular complexity index is 713. The fourth-order valence-corrected chi connectivity index (χ4v) is 3.10. The van der Waals surface area contributed by atoms with Crippen molar-refractivity contribution in [2.75, 3.05) is 19.0 Å². The Labute approximate surface area is 141 Å². The van der Waals surface area contributed by atoms with Gasteiger partial charge in [-0.1, -0.05) is 11.3 Å². The predicted octanol–water partition coefficient (Wildman–Crippen LogP) is 2.09. The summed E-state index contributed by atoms with van der Waals surface area (Å²) >= 11 is 0. The summed E-state index contributed by atoms with van der Waals surface area (Å²) in [5.41, 5.74) is 0.826. The number of benzene rings is 1. The highest BCUT2D eigenvalue weighted by molar-refractivity contribution is 5.94. The SMILES string of the molecule is COc1cccc(-n2cc(NC(=O)C3CCCN3C(C)C)nn2)c1. The number of aromatic nitrogens is 3. The lowest BCUT2D eigenvalue weighted by atomic mass is 10.2. The van der Waals surface area contributed by atoms with Crippen LogP contribution in [-0.2, 0) is 4.79 Å². The van der Waals surface area contributed by atoms with Gasteiger partial charge in [-0.05, 0) is 45.4 Å². The van der Waals surface area contributed by atoms with Crippen molar-refractivity contribution in [3.8, 4) is 11.4 Å². The third-order valence-electron chi connectivity index (χ3n) is 4.32. The van der Waals surface area contributed by atoms with Crippen molar-refractivity contribution in [3.63, 3.8) is 0 Å². The van der Waals surface area contributed by atoms with E-state index in [1.807, 2.05) is 24.3 Å². The molecule has 0 spiro atoms. The molecule has 1 unspecified atom stereocenters. The van der Waals surface area contributed by atoms with Crippen LogP contribution in [0.4, 0.5) is 5.82 Å². The molecule has 24 heavy (non-hydrogen) atoms. The lowest BCUT2D eigenvalue weighted by Crippen LogP contribution is -2.43. The highest BCUT2D eigenvalue weighted by Gasteiger charge is 2.32. The van der Waals surface area contributed by atoms with Gasteiger partial charge in [0, 0.05) is 12.1 Å². The van der Waals surface area contributed by atoms with E-state index in [0.717, 1.165) is 30.8 Å². The second kappa shape index (κ2) is 7.00. The van der Waals surface area contributed by atoms with Crippen molar-refractivity contribution >= 4 is 11.7 Å². The van der Waals surface area contributed by atoms with Crippen LogP contribution in [0.25, 0.3) is 5.69 Å². The topological polar surface area (TPSA) is 72.3 Å². The Hall–Kier alpha value is -2.41. The van der Waals surface area contributed by atoms with Crippen LogP contribution < -0.4 is 10.1 Å². The molecule has 7 nitrogen and oxygen atoms in total. The first kappa shape index (κ1) is 16.4. The van der Waals surface area contributed by atoms with Gasteiger partial charge in [-0.2, -0.15) is 0 Å². The first-order chi connectivity index (χ1) is 11.6. The fraction of sp³-hybridized carbons (Fsp3) is 0.471. The maximum absolute atomic E-state index is 12.5. The zero-order valence-electron chi connectivity index (χ0n) is 14.3. The standard InChI is InChI=1S/C17H23N5O2/c1-12(2)21-9-5-8-15(21)17(23)18-16-11-22(20-19-16)13-6-4-7-14(10-13)24-3/h4,6-7,10-12,15H,5,8-9H2,1-3H3,(H,18,23). The van der Waals surface area contributed by atoms with Gasteiger partial charge < -0.3 is 10.1 Å². The van der Waals surface area contributed by atoms with Gasteiger partial charge >= 0.3 is 0 Å². The number of carbonyl (C=O) groups excluding carboxylic acids is 1. The maximum atomic E-state index is 12.5. The van der Waals surface area contributed by atoms with Crippen LogP contribution in [0.1, 0.15) is 26.7 Å². The molecule has 2 aromatic rings. The Morgan fingerprint density at radius 3 is 3.00 bits per heavy atom. The molecule has 1 saturated heterocycles. The number of hydrogen-bond donors (Lipinski definition) is 1. The molecule has 7 heteroatoms.